The van der Waals surface area contributed by atoms with Gasteiger partial charge in [-0.15, -0.1) is 5.10 Å². The second-order valence-corrected chi connectivity index (χ2v) is 6.68. The molecule has 7 nitrogen and oxygen atoms in total. The van der Waals surface area contributed by atoms with E-state index in [0.717, 1.165) is 16.9 Å². The maximum absolute atomic E-state index is 12.9. The topological polar surface area (TPSA) is 74.0 Å². The van der Waals surface area contributed by atoms with E-state index in [2.05, 4.69) is 15.6 Å². The molecule has 0 saturated heterocycles. The first kappa shape index (κ1) is 18.5. The fourth-order valence-electron chi connectivity index (χ4n) is 3.02. The molecule has 0 fully saturated rings. The van der Waals surface area contributed by atoms with Crippen LogP contribution in [0.2, 0.25) is 0 Å². The van der Waals surface area contributed by atoms with Crippen LogP contribution in [0, 0.1) is 6.92 Å². The molecule has 0 unspecified atom stereocenters. The number of nitrogens with zero attached hydrogens (tertiary/aromatic N) is 4. The van der Waals surface area contributed by atoms with Crippen molar-refractivity contribution in [2.24, 2.45) is 0 Å². The maximum Gasteiger partial charge on any atom is 0.280 e. The van der Waals surface area contributed by atoms with Gasteiger partial charge in [-0.25, -0.2) is 4.68 Å². The average Bonchev–Trinajstić information content (AvgIpc) is 3.40. The molecule has 1 amide bonds. The van der Waals surface area contributed by atoms with Gasteiger partial charge < -0.3 is 14.6 Å². The Kier molecular flexibility index (Phi) is 5.11. The molecule has 0 aliphatic carbocycles. The van der Waals surface area contributed by atoms with Crippen LogP contribution >= 0.6 is 0 Å². The van der Waals surface area contributed by atoms with Crippen LogP contribution in [0.5, 0.6) is 5.75 Å². The van der Waals surface area contributed by atoms with E-state index in [1.807, 2.05) is 84.5 Å². The number of aromatic nitrogens is 4. The minimum Gasteiger partial charge on any atom is -0.497 e. The van der Waals surface area contributed by atoms with Crippen LogP contribution in [-0.4, -0.2) is 32.6 Å². The molecule has 0 aliphatic heterocycles. The summed E-state index contributed by atoms with van der Waals surface area (Å²) in [6.45, 7) is 2.48. The zero-order valence-corrected chi connectivity index (χ0v) is 16.2. The molecule has 0 aliphatic rings. The quantitative estimate of drug-likeness (QED) is 0.548. The number of amides is 1. The Bertz CT molecular complexity index is 1100. The summed E-state index contributed by atoms with van der Waals surface area (Å²) < 4.78 is 8.76. The first-order chi connectivity index (χ1) is 14.1. The molecule has 4 rings (SSSR count). The SMILES string of the molecule is COc1ccc(Cn2nnc(C(=O)Nc3ccc(C)cc3)c2-n2cccc2)cc1. The fraction of sp³-hybridized carbons (Fsp3) is 0.136. The number of hydrogen-bond donors (Lipinski definition) is 1. The van der Waals surface area contributed by atoms with Gasteiger partial charge in [-0.05, 0) is 48.9 Å². The molecule has 7 heteroatoms. The van der Waals surface area contributed by atoms with Crippen molar-refractivity contribution in [1.29, 1.82) is 0 Å². The van der Waals surface area contributed by atoms with Crippen LogP contribution < -0.4 is 10.1 Å². The third kappa shape index (κ3) is 4.03. The zero-order valence-electron chi connectivity index (χ0n) is 16.2. The second-order valence-electron chi connectivity index (χ2n) is 6.68. The first-order valence-corrected chi connectivity index (χ1v) is 9.22. The molecule has 2 aromatic carbocycles. The summed E-state index contributed by atoms with van der Waals surface area (Å²) in [5.41, 5.74) is 3.12. The van der Waals surface area contributed by atoms with E-state index < -0.39 is 0 Å². The zero-order chi connectivity index (χ0) is 20.2. The third-order valence-electron chi connectivity index (χ3n) is 4.57. The highest BCUT2D eigenvalue weighted by Crippen LogP contribution is 2.18. The predicted octanol–water partition coefficient (Wildman–Crippen LogP) is 3.69. The number of aryl methyl sites for hydroxylation is 1. The Morgan fingerprint density at radius 3 is 2.38 bits per heavy atom. The van der Waals surface area contributed by atoms with Crippen molar-refractivity contribution >= 4 is 11.6 Å². The lowest BCUT2D eigenvalue weighted by atomic mass is 10.2. The summed E-state index contributed by atoms with van der Waals surface area (Å²) >= 11 is 0. The van der Waals surface area contributed by atoms with Crippen LogP contribution in [0.15, 0.2) is 73.1 Å². The molecular weight excluding hydrogens is 366 g/mol. The van der Waals surface area contributed by atoms with Gasteiger partial charge in [-0.1, -0.05) is 35.0 Å². The molecule has 29 heavy (non-hydrogen) atoms. The summed E-state index contributed by atoms with van der Waals surface area (Å²) in [4.78, 5) is 12.9. The van der Waals surface area contributed by atoms with Crippen LogP contribution in [-0.2, 0) is 6.54 Å². The molecule has 0 bridgehead atoms. The van der Waals surface area contributed by atoms with Gasteiger partial charge in [0.05, 0.1) is 13.7 Å². The van der Waals surface area contributed by atoms with Crippen molar-refractivity contribution in [3.05, 3.63) is 89.9 Å². The Balaban J connectivity index is 1.65. The van der Waals surface area contributed by atoms with Gasteiger partial charge in [0.2, 0.25) is 0 Å². The summed E-state index contributed by atoms with van der Waals surface area (Å²) in [6.07, 6.45) is 3.73. The largest absolute Gasteiger partial charge is 0.497 e. The smallest absolute Gasteiger partial charge is 0.280 e. The lowest BCUT2D eigenvalue weighted by Gasteiger charge is -2.10. The highest BCUT2D eigenvalue weighted by atomic mass is 16.5. The van der Waals surface area contributed by atoms with E-state index in [-0.39, 0.29) is 11.6 Å². The Morgan fingerprint density at radius 2 is 1.72 bits per heavy atom. The van der Waals surface area contributed by atoms with Gasteiger partial charge in [0.15, 0.2) is 11.5 Å². The number of nitrogens with one attached hydrogen (secondary N) is 1. The molecule has 0 radical (unpaired) electrons. The molecule has 0 saturated carbocycles. The van der Waals surface area contributed by atoms with Gasteiger partial charge in [0.1, 0.15) is 5.75 Å². The number of rotatable bonds is 6. The van der Waals surface area contributed by atoms with Crippen LogP contribution in [0.4, 0.5) is 5.69 Å². The van der Waals surface area contributed by atoms with E-state index in [1.165, 1.54) is 0 Å². The number of benzene rings is 2. The highest BCUT2D eigenvalue weighted by Gasteiger charge is 2.21. The summed E-state index contributed by atoms with van der Waals surface area (Å²) in [7, 11) is 1.63. The Labute approximate surface area is 168 Å². The predicted molar refractivity (Wildman–Crippen MR) is 111 cm³/mol. The van der Waals surface area contributed by atoms with Gasteiger partial charge in [0, 0.05) is 18.1 Å². The normalized spacial score (nSPS) is 10.7. The molecule has 0 spiro atoms. The molecule has 4 aromatic rings. The van der Waals surface area contributed by atoms with E-state index in [4.69, 9.17) is 4.74 Å². The number of ether oxygens (including phenoxy) is 1. The van der Waals surface area contributed by atoms with Crippen LogP contribution in [0.25, 0.3) is 5.82 Å². The Hall–Kier alpha value is -3.87. The van der Waals surface area contributed by atoms with Crippen molar-refractivity contribution in [2.45, 2.75) is 13.5 Å². The highest BCUT2D eigenvalue weighted by molar-refractivity contribution is 6.04. The fourth-order valence-corrected chi connectivity index (χ4v) is 3.02. The van der Waals surface area contributed by atoms with Crippen molar-refractivity contribution in [3.63, 3.8) is 0 Å². The molecule has 146 valence electrons. The number of methoxy groups -OCH3 is 1. The maximum atomic E-state index is 12.9. The minimum absolute atomic E-state index is 0.260. The Morgan fingerprint density at radius 1 is 1.03 bits per heavy atom. The van der Waals surface area contributed by atoms with Gasteiger partial charge >= 0.3 is 0 Å². The van der Waals surface area contributed by atoms with Crippen molar-refractivity contribution in [2.75, 3.05) is 12.4 Å². The first-order valence-electron chi connectivity index (χ1n) is 9.22. The minimum atomic E-state index is -0.307. The van der Waals surface area contributed by atoms with E-state index in [9.17, 15) is 4.79 Å². The van der Waals surface area contributed by atoms with Crippen LogP contribution in [0.1, 0.15) is 21.6 Å². The lowest BCUT2D eigenvalue weighted by Crippen LogP contribution is -2.16. The lowest BCUT2D eigenvalue weighted by molar-refractivity contribution is 0.102. The average molecular weight is 387 g/mol. The van der Waals surface area contributed by atoms with E-state index in [0.29, 0.717) is 18.1 Å². The molecule has 2 aromatic heterocycles. The summed E-state index contributed by atoms with van der Waals surface area (Å²) in [5, 5.41) is 11.3. The van der Waals surface area contributed by atoms with Crippen molar-refractivity contribution in [1.82, 2.24) is 19.6 Å². The van der Waals surface area contributed by atoms with Crippen LogP contribution in [0.3, 0.4) is 0 Å². The number of carbonyl (C=O) groups is 1. The number of anilines is 1. The second kappa shape index (κ2) is 8.02. The van der Waals surface area contributed by atoms with Gasteiger partial charge in [0.25, 0.3) is 5.91 Å². The molecular formula is C22H21N5O2. The standard InChI is InChI=1S/C22H21N5O2/c1-16-5-9-18(10-6-16)23-21(28)20-22(26-13-3-4-14-26)27(25-24-20)15-17-7-11-19(29-2)12-8-17/h3-14H,15H2,1-2H3,(H,23,28). The molecule has 2 heterocycles. The van der Waals surface area contributed by atoms with Gasteiger partial charge in [-0.2, -0.15) is 0 Å². The number of hydrogen-bond acceptors (Lipinski definition) is 4. The third-order valence-corrected chi connectivity index (χ3v) is 4.57. The van der Waals surface area contributed by atoms with Gasteiger partial charge in [-0.3, -0.25) is 4.79 Å². The van der Waals surface area contributed by atoms with Crippen molar-refractivity contribution in [3.8, 4) is 11.6 Å². The van der Waals surface area contributed by atoms with E-state index in [1.54, 1.807) is 11.8 Å². The summed E-state index contributed by atoms with van der Waals surface area (Å²) in [5.74, 6) is 1.09. The monoisotopic (exact) mass is 387 g/mol. The van der Waals surface area contributed by atoms with E-state index >= 15 is 0 Å². The van der Waals surface area contributed by atoms with Crippen molar-refractivity contribution < 1.29 is 9.53 Å². The summed E-state index contributed by atoms with van der Waals surface area (Å²) in [6, 6.07) is 19.1. The molecule has 0 atom stereocenters. The molecule has 1 N–H and O–H groups in total. The number of carbonyl (C=O) groups excluding carboxylic acids is 1.